The van der Waals surface area contributed by atoms with E-state index in [1.807, 2.05) is 18.3 Å². The van der Waals surface area contributed by atoms with Crippen molar-refractivity contribution in [2.24, 2.45) is 0 Å². The van der Waals surface area contributed by atoms with Gasteiger partial charge < -0.3 is 20.5 Å². The smallest absolute Gasteiger partial charge is 0.221 e. The summed E-state index contributed by atoms with van der Waals surface area (Å²) in [6.07, 6.45) is 3.32. The van der Waals surface area contributed by atoms with Crippen molar-refractivity contribution in [3.05, 3.63) is 59.8 Å². The van der Waals surface area contributed by atoms with Gasteiger partial charge >= 0.3 is 0 Å². The lowest BCUT2D eigenvalue weighted by Gasteiger charge is -2.22. The van der Waals surface area contributed by atoms with Crippen LogP contribution in [-0.2, 0) is 11.2 Å². The molecule has 154 valence electrons. The number of para-hydroxylation sites is 1. The van der Waals surface area contributed by atoms with Gasteiger partial charge in [0.1, 0.15) is 0 Å². The normalized spacial score (nSPS) is 10.9. The lowest BCUT2D eigenvalue weighted by molar-refractivity contribution is -0.120. The molecule has 5 nitrogen and oxygen atoms in total. The van der Waals surface area contributed by atoms with E-state index in [1.54, 1.807) is 0 Å². The zero-order chi connectivity index (χ0) is 20.6. The van der Waals surface area contributed by atoms with E-state index in [1.165, 1.54) is 22.2 Å². The van der Waals surface area contributed by atoms with Crippen LogP contribution in [0.2, 0.25) is 0 Å². The van der Waals surface area contributed by atoms with Crippen molar-refractivity contribution in [2.75, 3.05) is 36.4 Å². The van der Waals surface area contributed by atoms with Gasteiger partial charge in [-0.1, -0.05) is 18.2 Å². The molecule has 0 aliphatic heterocycles. The van der Waals surface area contributed by atoms with Gasteiger partial charge in [-0.15, -0.1) is 0 Å². The fourth-order valence-corrected chi connectivity index (χ4v) is 3.71. The number of carbonyl (C=O) groups excluding carboxylic acids is 1. The Kier molecular flexibility index (Phi) is 7.17. The second-order valence-electron chi connectivity index (χ2n) is 7.31. The minimum Gasteiger partial charge on any atom is -0.384 e. The molecule has 3 aromatic rings. The van der Waals surface area contributed by atoms with Crippen LogP contribution in [0.4, 0.5) is 11.4 Å². The Hall–Kier alpha value is -2.95. The zero-order valence-electron chi connectivity index (χ0n) is 17.7. The number of H-pyrrole nitrogens is 1. The topological polar surface area (TPSA) is 60.2 Å². The van der Waals surface area contributed by atoms with Gasteiger partial charge in [-0.05, 0) is 62.6 Å². The van der Waals surface area contributed by atoms with Crippen LogP contribution in [0.15, 0.2) is 48.7 Å². The van der Waals surface area contributed by atoms with Crippen LogP contribution >= 0.6 is 0 Å². The minimum absolute atomic E-state index is 0.0785. The summed E-state index contributed by atoms with van der Waals surface area (Å²) in [5.41, 5.74) is 5.91. The average Bonchev–Trinajstić information content (AvgIpc) is 3.14. The summed E-state index contributed by atoms with van der Waals surface area (Å²) in [5, 5.41) is 7.64. The van der Waals surface area contributed by atoms with Gasteiger partial charge in [-0.3, -0.25) is 4.79 Å². The maximum Gasteiger partial charge on any atom is 0.221 e. The number of nitrogens with zero attached hydrogens (tertiary/aromatic N) is 1. The standard InChI is InChI=1S/C24H32N4O/c1-4-28(5-2)20-10-11-22(18(3)16-20)25-15-13-24(29)26-14-12-19-17-27-23-9-7-6-8-21(19)23/h6-11,16-17,25,27H,4-5,12-15H2,1-3H3,(H,26,29). The molecular formula is C24H32N4O. The fraction of sp³-hybridized carbons (Fsp3) is 0.375. The third kappa shape index (κ3) is 5.31. The Labute approximate surface area is 173 Å². The first kappa shape index (κ1) is 20.8. The Morgan fingerprint density at radius 1 is 1.07 bits per heavy atom. The molecule has 0 aliphatic carbocycles. The van der Waals surface area contributed by atoms with Crippen molar-refractivity contribution in [1.29, 1.82) is 0 Å². The number of aryl methyl sites for hydroxylation is 1. The molecule has 0 saturated heterocycles. The van der Waals surface area contributed by atoms with Crippen molar-refractivity contribution in [2.45, 2.75) is 33.6 Å². The molecule has 5 heteroatoms. The summed E-state index contributed by atoms with van der Waals surface area (Å²) in [6, 6.07) is 14.7. The Bertz CT molecular complexity index is 943. The van der Waals surface area contributed by atoms with Crippen molar-refractivity contribution in [1.82, 2.24) is 10.3 Å². The minimum atomic E-state index is 0.0785. The average molecular weight is 393 g/mol. The molecule has 3 rings (SSSR count). The highest BCUT2D eigenvalue weighted by atomic mass is 16.1. The second kappa shape index (κ2) is 10.0. The van der Waals surface area contributed by atoms with E-state index in [9.17, 15) is 4.79 Å². The number of hydrogen-bond donors (Lipinski definition) is 3. The Morgan fingerprint density at radius 3 is 2.62 bits per heavy atom. The molecule has 2 aromatic carbocycles. The number of aromatic amines is 1. The van der Waals surface area contributed by atoms with Gasteiger partial charge in [-0.2, -0.15) is 0 Å². The molecule has 0 unspecified atom stereocenters. The van der Waals surface area contributed by atoms with Crippen molar-refractivity contribution < 1.29 is 4.79 Å². The largest absolute Gasteiger partial charge is 0.384 e. The van der Waals surface area contributed by atoms with Crippen LogP contribution < -0.4 is 15.5 Å². The number of rotatable bonds is 10. The number of amides is 1. The molecular weight excluding hydrogens is 360 g/mol. The summed E-state index contributed by atoms with van der Waals surface area (Å²) in [7, 11) is 0. The molecule has 0 atom stereocenters. The molecule has 0 aliphatic rings. The monoisotopic (exact) mass is 392 g/mol. The van der Waals surface area contributed by atoms with Gasteiger partial charge in [0.25, 0.3) is 0 Å². The molecule has 0 fully saturated rings. The molecule has 0 spiro atoms. The Morgan fingerprint density at radius 2 is 1.86 bits per heavy atom. The van der Waals surface area contributed by atoms with Crippen LogP contribution in [0.25, 0.3) is 10.9 Å². The van der Waals surface area contributed by atoms with Crippen LogP contribution in [0.3, 0.4) is 0 Å². The van der Waals surface area contributed by atoms with E-state index >= 15 is 0 Å². The number of carbonyl (C=O) groups is 1. The number of fused-ring (bicyclic) bond motifs is 1. The summed E-state index contributed by atoms with van der Waals surface area (Å²) >= 11 is 0. The first-order chi connectivity index (χ1) is 14.1. The van der Waals surface area contributed by atoms with E-state index in [4.69, 9.17) is 0 Å². The third-order valence-corrected chi connectivity index (χ3v) is 5.40. The molecule has 29 heavy (non-hydrogen) atoms. The third-order valence-electron chi connectivity index (χ3n) is 5.40. The first-order valence-electron chi connectivity index (χ1n) is 10.5. The van der Waals surface area contributed by atoms with Crippen molar-refractivity contribution >= 4 is 28.2 Å². The molecule has 3 N–H and O–H groups in total. The van der Waals surface area contributed by atoms with Gasteiger partial charge in [0.15, 0.2) is 0 Å². The van der Waals surface area contributed by atoms with Crippen LogP contribution in [0.5, 0.6) is 0 Å². The predicted molar refractivity (Wildman–Crippen MR) is 123 cm³/mol. The van der Waals surface area contributed by atoms with Gasteiger partial charge in [0.2, 0.25) is 5.91 Å². The highest BCUT2D eigenvalue weighted by Gasteiger charge is 2.07. The quantitative estimate of drug-likeness (QED) is 0.477. The van der Waals surface area contributed by atoms with Crippen LogP contribution in [-0.4, -0.2) is 37.1 Å². The van der Waals surface area contributed by atoms with Gasteiger partial charge in [-0.25, -0.2) is 0 Å². The fourth-order valence-electron chi connectivity index (χ4n) is 3.71. The zero-order valence-corrected chi connectivity index (χ0v) is 17.7. The van der Waals surface area contributed by atoms with Gasteiger partial charge in [0.05, 0.1) is 0 Å². The number of hydrogen-bond acceptors (Lipinski definition) is 3. The summed E-state index contributed by atoms with van der Waals surface area (Å²) in [5.74, 6) is 0.0785. The molecule has 1 heterocycles. The predicted octanol–water partition coefficient (Wildman–Crippen LogP) is 4.48. The van der Waals surface area contributed by atoms with Crippen molar-refractivity contribution in [3.8, 4) is 0 Å². The summed E-state index contributed by atoms with van der Waals surface area (Å²) in [4.78, 5) is 17.8. The molecule has 0 saturated carbocycles. The first-order valence-corrected chi connectivity index (χ1v) is 10.5. The molecule has 0 radical (unpaired) electrons. The van der Waals surface area contributed by atoms with Crippen molar-refractivity contribution in [3.63, 3.8) is 0 Å². The maximum atomic E-state index is 12.2. The number of nitrogens with one attached hydrogen (secondary N) is 3. The van der Waals surface area contributed by atoms with E-state index < -0.39 is 0 Å². The lowest BCUT2D eigenvalue weighted by atomic mass is 10.1. The number of anilines is 2. The molecule has 1 aromatic heterocycles. The van der Waals surface area contributed by atoms with Crippen LogP contribution in [0.1, 0.15) is 31.4 Å². The number of benzene rings is 2. The van der Waals surface area contributed by atoms with E-state index in [2.05, 4.69) is 71.6 Å². The van der Waals surface area contributed by atoms with E-state index in [0.717, 1.165) is 30.7 Å². The second-order valence-corrected chi connectivity index (χ2v) is 7.31. The summed E-state index contributed by atoms with van der Waals surface area (Å²) in [6.45, 7) is 9.73. The Balaban J connectivity index is 1.42. The molecule has 0 bridgehead atoms. The highest BCUT2D eigenvalue weighted by molar-refractivity contribution is 5.83. The molecule has 1 amide bonds. The lowest BCUT2D eigenvalue weighted by Crippen LogP contribution is -2.27. The van der Waals surface area contributed by atoms with Crippen LogP contribution in [0, 0.1) is 6.92 Å². The van der Waals surface area contributed by atoms with Gasteiger partial charge in [0, 0.05) is 61.1 Å². The number of aromatic nitrogens is 1. The maximum absolute atomic E-state index is 12.2. The van der Waals surface area contributed by atoms with E-state index in [-0.39, 0.29) is 5.91 Å². The summed E-state index contributed by atoms with van der Waals surface area (Å²) < 4.78 is 0. The van der Waals surface area contributed by atoms with E-state index in [0.29, 0.717) is 19.5 Å². The highest BCUT2D eigenvalue weighted by Crippen LogP contribution is 2.22. The SMILES string of the molecule is CCN(CC)c1ccc(NCCC(=O)NCCc2c[nH]c3ccccc23)c(C)c1.